The summed E-state index contributed by atoms with van der Waals surface area (Å²) in [5.74, 6) is -0.733. The first-order chi connectivity index (χ1) is 4.66. The van der Waals surface area contributed by atoms with Crippen LogP contribution >= 0.6 is 0 Å². The third-order valence-electron chi connectivity index (χ3n) is 1.11. The molecule has 0 spiro atoms. The first kappa shape index (κ1) is 6.76. The van der Waals surface area contributed by atoms with E-state index in [9.17, 15) is 0 Å². The molecule has 5 N–H and O–H groups in total. The molecule has 5 heteroatoms. The molecule has 0 aromatic rings. The van der Waals surface area contributed by atoms with Crippen LogP contribution < -0.4 is 16.8 Å². The number of nitrogens with two attached hydrogens (primary N) is 2. The highest BCUT2D eigenvalue weighted by molar-refractivity contribution is 5.88. The number of hydrogen-bond acceptors (Lipinski definition) is 5. The second kappa shape index (κ2) is 2.11. The quantitative estimate of drug-likeness (QED) is 0.396. The number of nitrogens with zero attached hydrogens (tertiary/aromatic N) is 2. The minimum atomic E-state index is -0.980. The Hall–Kier alpha value is -1.36. The summed E-state index contributed by atoms with van der Waals surface area (Å²) in [5.41, 5.74) is 10.9. The predicted octanol–water partition coefficient (Wildman–Crippen LogP) is -1.27. The van der Waals surface area contributed by atoms with Crippen molar-refractivity contribution in [2.45, 2.75) is 5.79 Å². The van der Waals surface area contributed by atoms with E-state index in [0.29, 0.717) is 0 Å². The molecule has 1 aliphatic rings. The topological polar surface area (TPSA) is 88.8 Å². The minimum Gasteiger partial charge on any atom is -0.370 e. The normalized spacial score (nSPS) is 30.7. The Kier molecular flexibility index (Phi) is 1.42. The molecule has 0 saturated heterocycles. The van der Waals surface area contributed by atoms with Gasteiger partial charge >= 0.3 is 0 Å². The fourth-order valence-electron chi connectivity index (χ4n) is 0.560. The average molecular weight is 139 g/mol. The fraction of sp³-hybridized carbons (Fsp3) is 0.200. The largest absolute Gasteiger partial charge is 0.370 e. The summed E-state index contributed by atoms with van der Waals surface area (Å²) in [5, 5.41) is 2.63. The maximum atomic E-state index is 5.56. The van der Waals surface area contributed by atoms with Crippen molar-refractivity contribution in [3.8, 4) is 0 Å². The Morgan fingerprint density at radius 3 is 2.90 bits per heavy atom. The molecular formula is C5H9N5. The van der Waals surface area contributed by atoms with Crippen LogP contribution in [0.2, 0.25) is 0 Å². The van der Waals surface area contributed by atoms with E-state index in [0.717, 1.165) is 0 Å². The lowest BCUT2D eigenvalue weighted by Gasteiger charge is -2.24. The van der Waals surface area contributed by atoms with E-state index in [1.807, 2.05) is 0 Å². The van der Waals surface area contributed by atoms with Crippen molar-refractivity contribution in [2.75, 3.05) is 0 Å². The molecular weight excluding hydrogens is 130 g/mol. The lowest BCUT2D eigenvalue weighted by atomic mass is 10.3. The summed E-state index contributed by atoms with van der Waals surface area (Å²) in [6.07, 6.45) is 2.75. The number of guanidine groups is 1. The van der Waals surface area contributed by atoms with Crippen molar-refractivity contribution in [1.82, 2.24) is 5.32 Å². The van der Waals surface area contributed by atoms with Crippen LogP contribution in [0, 0.1) is 0 Å². The van der Waals surface area contributed by atoms with Crippen molar-refractivity contribution in [3.63, 3.8) is 0 Å². The van der Waals surface area contributed by atoms with Crippen LogP contribution in [0.4, 0.5) is 0 Å². The SMILES string of the molecule is C=CC1(N)N=CN=C(N)N1. The molecule has 0 saturated carbocycles. The van der Waals surface area contributed by atoms with Gasteiger partial charge in [-0.25, -0.2) is 9.98 Å². The molecule has 0 radical (unpaired) electrons. The van der Waals surface area contributed by atoms with Crippen LogP contribution in [0.15, 0.2) is 22.6 Å². The van der Waals surface area contributed by atoms with Crippen LogP contribution in [0.5, 0.6) is 0 Å². The Balaban J connectivity index is 2.80. The summed E-state index contributed by atoms with van der Waals surface area (Å²) in [6.45, 7) is 3.48. The van der Waals surface area contributed by atoms with E-state index in [1.54, 1.807) is 0 Å². The molecule has 0 bridgehead atoms. The molecule has 1 heterocycles. The maximum absolute atomic E-state index is 5.56. The molecule has 54 valence electrons. The van der Waals surface area contributed by atoms with E-state index < -0.39 is 5.79 Å². The highest BCUT2D eigenvalue weighted by atomic mass is 15.3. The van der Waals surface area contributed by atoms with Gasteiger partial charge in [0.15, 0.2) is 5.96 Å². The number of rotatable bonds is 1. The second-order valence-electron chi connectivity index (χ2n) is 1.91. The third kappa shape index (κ3) is 1.14. The molecule has 0 fully saturated rings. The van der Waals surface area contributed by atoms with Gasteiger partial charge < -0.3 is 11.1 Å². The highest BCUT2D eigenvalue weighted by Gasteiger charge is 2.20. The van der Waals surface area contributed by atoms with Crippen molar-refractivity contribution < 1.29 is 0 Å². The van der Waals surface area contributed by atoms with E-state index >= 15 is 0 Å². The van der Waals surface area contributed by atoms with Gasteiger partial charge in [0.2, 0.25) is 5.79 Å². The smallest absolute Gasteiger partial charge is 0.205 e. The molecule has 1 unspecified atom stereocenters. The summed E-state index contributed by atoms with van der Waals surface area (Å²) in [6, 6.07) is 0. The van der Waals surface area contributed by atoms with Gasteiger partial charge in [-0.3, -0.25) is 5.73 Å². The van der Waals surface area contributed by atoms with Crippen molar-refractivity contribution in [3.05, 3.63) is 12.7 Å². The van der Waals surface area contributed by atoms with Gasteiger partial charge in [0, 0.05) is 0 Å². The van der Waals surface area contributed by atoms with Gasteiger partial charge in [-0.1, -0.05) is 6.58 Å². The van der Waals surface area contributed by atoms with Gasteiger partial charge in [-0.15, -0.1) is 0 Å². The number of hydrogen-bond donors (Lipinski definition) is 3. The van der Waals surface area contributed by atoms with Gasteiger partial charge in [0.05, 0.1) is 0 Å². The first-order valence-corrected chi connectivity index (χ1v) is 2.74. The first-order valence-electron chi connectivity index (χ1n) is 2.74. The van der Waals surface area contributed by atoms with Crippen LogP contribution in [0.25, 0.3) is 0 Å². The van der Waals surface area contributed by atoms with Gasteiger partial charge in [0.25, 0.3) is 0 Å². The van der Waals surface area contributed by atoms with E-state index in [-0.39, 0.29) is 5.96 Å². The van der Waals surface area contributed by atoms with Crippen LogP contribution in [-0.2, 0) is 0 Å². The predicted molar refractivity (Wildman–Crippen MR) is 40.4 cm³/mol. The zero-order valence-electron chi connectivity index (χ0n) is 5.41. The van der Waals surface area contributed by atoms with Crippen LogP contribution in [0.3, 0.4) is 0 Å². The zero-order chi connectivity index (χ0) is 7.61. The minimum absolute atomic E-state index is 0.248. The molecule has 10 heavy (non-hydrogen) atoms. The van der Waals surface area contributed by atoms with E-state index in [4.69, 9.17) is 11.5 Å². The summed E-state index contributed by atoms with van der Waals surface area (Å²) in [4.78, 5) is 7.42. The molecule has 0 aromatic heterocycles. The van der Waals surface area contributed by atoms with Crippen molar-refractivity contribution >= 4 is 12.3 Å². The molecule has 0 aliphatic carbocycles. The average Bonchev–Trinajstić information content (AvgIpc) is 1.88. The summed E-state index contributed by atoms with van der Waals surface area (Å²) in [7, 11) is 0. The molecule has 0 amide bonds. The monoisotopic (exact) mass is 139 g/mol. The number of nitrogens with one attached hydrogen (secondary N) is 1. The fourth-order valence-corrected chi connectivity index (χ4v) is 0.560. The van der Waals surface area contributed by atoms with Crippen molar-refractivity contribution in [1.29, 1.82) is 0 Å². The summed E-state index contributed by atoms with van der Waals surface area (Å²) >= 11 is 0. The third-order valence-corrected chi connectivity index (χ3v) is 1.11. The lowest BCUT2D eigenvalue weighted by molar-refractivity contribution is 0.513. The van der Waals surface area contributed by atoms with Gasteiger partial charge in [0.1, 0.15) is 6.34 Å². The standard InChI is InChI=1S/C5H9N5/c1-2-5(7)9-3-8-4(6)10-5/h2-3H,1,7H2,(H3,6,8,9,10). The highest BCUT2D eigenvalue weighted by Crippen LogP contribution is 1.99. The zero-order valence-corrected chi connectivity index (χ0v) is 5.41. The molecule has 1 aliphatic heterocycles. The Labute approximate surface area is 58.5 Å². The van der Waals surface area contributed by atoms with Crippen molar-refractivity contribution in [2.24, 2.45) is 21.5 Å². The Morgan fingerprint density at radius 2 is 2.50 bits per heavy atom. The van der Waals surface area contributed by atoms with Crippen LogP contribution in [-0.4, -0.2) is 18.1 Å². The lowest BCUT2D eigenvalue weighted by Crippen LogP contribution is -2.56. The molecule has 1 rings (SSSR count). The molecule has 1 atom stereocenters. The number of aliphatic imine (C=N–C) groups is 2. The van der Waals surface area contributed by atoms with Gasteiger partial charge in [-0.05, 0) is 6.08 Å². The Morgan fingerprint density at radius 1 is 1.80 bits per heavy atom. The van der Waals surface area contributed by atoms with Gasteiger partial charge in [-0.2, -0.15) is 0 Å². The second-order valence-corrected chi connectivity index (χ2v) is 1.91. The van der Waals surface area contributed by atoms with Crippen LogP contribution in [0.1, 0.15) is 0 Å². The summed E-state index contributed by atoms with van der Waals surface area (Å²) < 4.78 is 0. The van der Waals surface area contributed by atoms with E-state index in [2.05, 4.69) is 21.9 Å². The molecule has 0 aromatic carbocycles. The molecule has 5 nitrogen and oxygen atoms in total. The maximum Gasteiger partial charge on any atom is 0.205 e. The van der Waals surface area contributed by atoms with E-state index in [1.165, 1.54) is 12.4 Å². The Bertz CT molecular complexity index is 206.